The summed E-state index contributed by atoms with van der Waals surface area (Å²) in [6.45, 7) is 4.69. The Balaban J connectivity index is 1.79. The first kappa shape index (κ1) is 20.9. The summed E-state index contributed by atoms with van der Waals surface area (Å²) in [5.74, 6) is 0.556. The van der Waals surface area contributed by atoms with Crippen LogP contribution in [0.5, 0.6) is 5.75 Å². The van der Waals surface area contributed by atoms with E-state index in [1.54, 1.807) is 6.92 Å². The minimum absolute atomic E-state index is 0.143. The van der Waals surface area contributed by atoms with Gasteiger partial charge in [-0.15, -0.1) is 0 Å². The molecular weight excluding hydrogens is 364 g/mol. The summed E-state index contributed by atoms with van der Waals surface area (Å²) in [5.41, 5.74) is 0.418. The highest BCUT2D eigenvalue weighted by molar-refractivity contribution is 7.89. The summed E-state index contributed by atoms with van der Waals surface area (Å²) >= 11 is 0. The molecule has 6 nitrogen and oxygen atoms in total. The van der Waals surface area contributed by atoms with Gasteiger partial charge in [-0.05, 0) is 56.2 Å². The smallest absolute Gasteiger partial charge is 0.251 e. The first-order valence-corrected chi connectivity index (χ1v) is 10.5. The largest absolute Gasteiger partial charge is 0.494 e. The maximum absolute atomic E-state index is 12.2. The molecule has 2 N–H and O–H groups in total. The van der Waals surface area contributed by atoms with Crippen LogP contribution in [0.1, 0.15) is 37.0 Å². The first-order valence-electron chi connectivity index (χ1n) is 9.01. The van der Waals surface area contributed by atoms with Gasteiger partial charge in [0.1, 0.15) is 5.75 Å². The Morgan fingerprint density at radius 2 is 1.74 bits per heavy atom. The van der Waals surface area contributed by atoms with Crippen molar-refractivity contribution in [1.82, 2.24) is 10.0 Å². The van der Waals surface area contributed by atoms with Crippen molar-refractivity contribution < 1.29 is 17.9 Å². The fourth-order valence-corrected chi connectivity index (χ4v) is 3.61. The molecule has 0 aromatic heterocycles. The van der Waals surface area contributed by atoms with Crippen LogP contribution in [0.25, 0.3) is 0 Å². The lowest BCUT2D eigenvalue weighted by molar-refractivity contribution is 0.0951. The van der Waals surface area contributed by atoms with Gasteiger partial charge in [-0.1, -0.05) is 25.1 Å². The van der Waals surface area contributed by atoms with E-state index in [0.717, 1.165) is 5.75 Å². The van der Waals surface area contributed by atoms with Crippen molar-refractivity contribution >= 4 is 15.9 Å². The molecule has 0 aliphatic carbocycles. The lowest BCUT2D eigenvalue weighted by Gasteiger charge is -2.12. The van der Waals surface area contributed by atoms with Crippen LogP contribution in [0, 0.1) is 0 Å². The van der Waals surface area contributed by atoms with Gasteiger partial charge in [-0.25, -0.2) is 13.1 Å². The number of amides is 1. The molecule has 2 aromatic carbocycles. The predicted octanol–water partition coefficient (Wildman–Crippen LogP) is 2.96. The summed E-state index contributed by atoms with van der Waals surface area (Å²) in [4.78, 5) is 12.3. The highest BCUT2D eigenvalue weighted by Gasteiger charge is 2.17. The van der Waals surface area contributed by atoms with Crippen molar-refractivity contribution in [3.05, 3.63) is 60.2 Å². The second-order valence-corrected chi connectivity index (χ2v) is 7.94. The number of benzene rings is 2. The lowest BCUT2D eigenvalue weighted by atomic mass is 10.2. The third-order valence-corrected chi connectivity index (χ3v) is 5.62. The zero-order valence-electron chi connectivity index (χ0n) is 15.6. The molecule has 0 aliphatic heterocycles. The lowest BCUT2D eigenvalue weighted by Crippen LogP contribution is -2.32. The third-order valence-electron chi connectivity index (χ3n) is 4.01. The van der Waals surface area contributed by atoms with Crippen LogP contribution in [0.15, 0.2) is 59.5 Å². The number of sulfonamides is 1. The van der Waals surface area contributed by atoms with E-state index in [1.807, 2.05) is 37.3 Å². The fourth-order valence-electron chi connectivity index (χ4n) is 2.28. The molecule has 1 unspecified atom stereocenters. The average Bonchev–Trinajstić information content (AvgIpc) is 2.68. The second kappa shape index (κ2) is 10.1. The van der Waals surface area contributed by atoms with E-state index < -0.39 is 10.0 Å². The molecule has 1 amide bonds. The number of ether oxygens (including phenoxy) is 1. The molecule has 0 spiro atoms. The van der Waals surface area contributed by atoms with Gasteiger partial charge in [-0.2, -0.15) is 0 Å². The normalized spacial score (nSPS) is 12.4. The Morgan fingerprint density at radius 1 is 1.07 bits per heavy atom. The minimum atomic E-state index is -3.56. The highest BCUT2D eigenvalue weighted by atomic mass is 32.2. The molecule has 27 heavy (non-hydrogen) atoms. The van der Waals surface area contributed by atoms with Crippen molar-refractivity contribution in [2.24, 2.45) is 0 Å². The van der Waals surface area contributed by atoms with Crippen molar-refractivity contribution in [3.8, 4) is 5.75 Å². The molecule has 0 heterocycles. The summed E-state index contributed by atoms with van der Waals surface area (Å²) in [5, 5.41) is 2.80. The van der Waals surface area contributed by atoms with Crippen LogP contribution < -0.4 is 14.8 Å². The molecule has 2 rings (SSSR count). The SMILES string of the molecule is CCC(C)NS(=O)(=O)c1ccc(C(=O)NCCCOc2ccccc2)cc1. The van der Waals surface area contributed by atoms with E-state index in [-0.39, 0.29) is 16.8 Å². The van der Waals surface area contributed by atoms with E-state index in [9.17, 15) is 13.2 Å². The Labute approximate surface area is 161 Å². The van der Waals surface area contributed by atoms with Gasteiger partial charge in [0, 0.05) is 18.2 Å². The van der Waals surface area contributed by atoms with Crippen molar-refractivity contribution in [2.45, 2.75) is 37.6 Å². The molecule has 0 bridgehead atoms. The Morgan fingerprint density at radius 3 is 2.37 bits per heavy atom. The molecule has 7 heteroatoms. The number of carbonyl (C=O) groups is 1. The van der Waals surface area contributed by atoms with Crippen LogP contribution in [0.3, 0.4) is 0 Å². The molecule has 0 saturated heterocycles. The van der Waals surface area contributed by atoms with Crippen molar-refractivity contribution in [1.29, 1.82) is 0 Å². The summed E-state index contributed by atoms with van der Waals surface area (Å²) < 4.78 is 32.6. The molecule has 0 fully saturated rings. The molecule has 0 radical (unpaired) electrons. The zero-order chi connectivity index (χ0) is 19.7. The van der Waals surface area contributed by atoms with Crippen LogP contribution >= 0.6 is 0 Å². The Kier molecular flexibility index (Phi) is 7.82. The van der Waals surface area contributed by atoms with Gasteiger partial charge in [0.05, 0.1) is 11.5 Å². The van der Waals surface area contributed by atoms with Gasteiger partial charge in [0.15, 0.2) is 0 Å². The second-order valence-electron chi connectivity index (χ2n) is 6.23. The fraction of sp³-hybridized carbons (Fsp3) is 0.350. The molecule has 146 valence electrons. The summed E-state index contributed by atoms with van der Waals surface area (Å²) in [6, 6.07) is 15.3. The molecule has 1 atom stereocenters. The maximum Gasteiger partial charge on any atom is 0.251 e. The quantitative estimate of drug-likeness (QED) is 0.611. The van der Waals surface area contributed by atoms with Gasteiger partial charge < -0.3 is 10.1 Å². The van der Waals surface area contributed by atoms with E-state index in [2.05, 4.69) is 10.0 Å². The number of hydrogen-bond donors (Lipinski definition) is 2. The topological polar surface area (TPSA) is 84.5 Å². The van der Waals surface area contributed by atoms with Crippen LogP contribution in [-0.4, -0.2) is 33.5 Å². The van der Waals surface area contributed by atoms with Crippen molar-refractivity contribution in [2.75, 3.05) is 13.2 Å². The Bertz CT molecular complexity index is 821. The highest BCUT2D eigenvalue weighted by Crippen LogP contribution is 2.12. The van der Waals surface area contributed by atoms with Crippen LogP contribution in [0.4, 0.5) is 0 Å². The predicted molar refractivity (Wildman–Crippen MR) is 105 cm³/mol. The molecule has 0 aliphatic rings. The van der Waals surface area contributed by atoms with E-state index in [1.165, 1.54) is 24.3 Å². The molecule has 0 saturated carbocycles. The zero-order valence-corrected chi connectivity index (χ0v) is 16.5. The van der Waals surface area contributed by atoms with E-state index in [4.69, 9.17) is 4.74 Å². The van der Waals surface area contributed by atoms with Crippen molar-refractivity contribution in [3.63, 3.8) is 0 Å². The standard InChI is InChI=1S/C20H26N2O4S/c1-3-16(2)22-27(24,25)19-12-10-17(11-13-19)20(23)21-14-7-15-26-18-8-5-4-6-9-18/h4-6,8-13,16,22H,3,7,14-15H2,1-2H3,(H,21,23). The monoisotopic (exact) mass is 390 g/mol. The van der Waals surface area contributed by atoms with Gasteiger partial charge in [0.25, 0.3) is 5.91 Å². The first-order chi connectivity index (χ1) is 12.9. The van der Waals surface area contributed by atoms with Crippen LogP contribution in [-0.2, 0) is 10.0 Å². The van der Waals surface area contributed by atoms with E-state index in [0.29, 0.717) is 31.6 Å². The van der Waals surface area contributed by atoms with Gasteiger partial charge >= 0.3 is 0 Å². The van der Waals surface area contributed by atoms with Crippen LogP contribution in [0.2, 0.25) is 0 Å². The summed E-state index contributed by atoms with van der Waals surface area (Å²) in [6.07, 6.45) is 1.37. The number of nitrogens with one attached hydrogen (secondary N) is 2. The maximum atomic E-state index is 12.2. The average molecular weight is 391 g/mol. The number of carbonyl (C=O) groups excluding carboxylic acids is 1. The summed E-state index contributed by atoms with van der Waals surface area (Å²) in [7, 11) is -3.56. The van der Waals surface area contributed by atoms with Gasteiger partial charge in [-0.3, -0.25) is 4.79 Å². The van der Waals surface area contributed by atoms with Gasteiger partial charge in [0.2, 0.25) is 10.0 Å². The molecule has 2 aromatic rings. The number of hydrogen-bond acceptors (Lipinski definition) is 4. The molecular formula is C20H26N2O4S. The third kappa shape index (κ3) is 6.69. The number of para-hydroxylation sites is 1. The number of rotatable bonds is 10. The van der Waals surface area contributed by atoms with E-state index >= 15 is 0 Å². The minimum Gasteiger partial charge on any atom is -0.494 e. The Hall–Kier alpha value is -2.38.